The van der Waals surface area contributed by atoms with Gasteiger partial charge in [0.15, 0.2) is 0 Å². The molecule has 24 heavy (non-hydrogen) atoms. The molecule has 1 aromatic heterocycles. The lowest BCUT2D eigenvalue weighted by Crippen LogP contribution is -2.30. The number of fused-ring (bicyclic) bond motifs is 1. The van der Waals surface area contributed by atoms with E-state index in [0.717, 1.165) is 29.8 Å². The van der Waals surface area contributed by atoms with E-state index < -0.39 is 6.23 Å². The Morgan fingerprint density at radius 1 is 0.917 bits per heavy atom. The first-order chi connectivity index (χ1) is 11.7. The molecule has 1 aliphatic heterocycles. The molecule has 3 nitrogen and oxygen atoms in total. The minimum atomic E-state index is -0.444. The molecule has 3 heteroatoms. The molecule has 2 aromatic carbocycles. The molecule has 0 spiro atoms. The Labute approximate surface area is 142 Å². The molecule has 0 saturated heterocycles. The summed E-state index contributed by atoms with van der Waals surface area (Å²) in [5, 5.41) is 9.86. The number of benzene rings is 2. The lowest BCUT2D eigenvalue weighted by Gasteiger charge is -2.22. The van der Waals surface area contributed by atoms with Crippen LogP contribution >= 0.6 is 0 Å². The summed E-state index contributed by atoms with van der Waals surface area (Å²) in [5.74, 6) is 0. The smallest absolute Gasteiger partial charge is 0.124 e. The van der Waals surface area contributed by atoms with Gasteiger partial charge in [0.2, 0.25) is 0 Å². The molecule has 2 heterocycles. The molecular formula is C21H20N2O. The van der Waals surface area contributed by atoms with Crippen LogP contribution in [0.15, 0.2) is 67.0 Å². The van der Waals surface area contributed by atoms with Gasteiger partial charge in [0, 0.05) is 35.8 Å². The zero-order valence-corrected chi connectivity index (χ0v) is 13.7. The van der Waals surface area contributed by atoms with Crippen molar-refractivity contribution in [2.24, 2.45) is 0 Å². The van der Waals surface area contributed by atoms with Gasteiger partial charge >= 0.3 is 0 Å². The maximum absolute atomic E-state index is 9.86. The van der Waals surface area contributed by atoms with Gasteiger partial charge in [0.1, 0.15) is 6.23 Å². The second-order valence-corrected chi connectivity index (χ2v) is 6.25. The van der Waals surface area contributed by atoms with Crippen molar-refractivity contribution in [3.8, 4) is 22.3 Å². The molecule has 120 valence electrons. The molecule has 0 amide bonds. The average molecular weight is 316 g/mol. The number of anilines is 1. The third-order valence-electron chi connectivity index (χ3n) is 4.64. The third kappa shape index (κ3) is 2.68. The first kappa shape index (κ1) is 14.9. The second-order valence-electron chi connectivity index (χ2n) is 6.25. The van der Waals surface area contributed by atoms with Crippen LogP contribution in [0.1, 0.15) is 12.5 Å². The van der Waals surface area contributed by atoms with E-state index in [1.54, 1.807) is 0 Å². The molecule has 0 saturated carbocycles. The molecule has 1 N–H and O–H groups in total. The van der Waals surface area contributed by atoms with Crippen molar-refractivity contribution >= 4 is 5.69 Å². The Bertz CT molecular complexity index is 859. The molecule has 1 unspecified atom stereocenters. The Balaban J connectivity index is 1.71. The zero-order chi connectivity index (χ0) is 16.5. The van der Waals surface area contributed by atoms with Gasteiger partial charge in [-0.3, -0.25) is 4.98 Å². The van der Waals surface area contributed by atoms with Crippen molar-refractivity contribution in [2.45, 2.75) is 19.6 Å². The normalized spacial score (nSPS) is 14.5. The van der Waals surface area contributed by atoms with E-state index in [0.29, 0.717) is 0 Å². The fourth-order valence-electron chi connectivity index (χ4n) is 3.38. The summed E-state index contributed by atoms with van der Waals surface area (Å²) in [4.78, 5) is 6.46. The van der Waals surface area contributed by atoms with Crippen LogP contribution in [-0.4, -0.2) is 22.9 Å². The summed E-state index contributed by atoms with van der Waals surface area (Å²) in [6.07, 6.45) is 4.34. The second kappa shape index (κ2) is 6.10. The monoisotopic (exact) mass is 316 g/mol. The van der Waals surface area contributed by atoms with Crippen LogP contribution < -0.4 is 4.90 Å². The number of aromatic nitrogens is 1. The minimum Gasteiger partial charge on any atom is -0.374 e. The van der Waals surface area contributed by atoms with Gasteiger partial charge in [-0.15, -0.1) is 0 Å². The van der Waals surface area contributed by atoms with Crippen LogP contribution in [0.25, 0.3) is 22.3 Å². The maximum Gasteiger partial charge on any atom is 0.124 e. The quantitative estimate of drug-likeness (QED) is 0.790. The summed E-state index contributed by atoms with van der Waals surface area (Å²) in [6, 6.07) is 19.0. The van der Waals surface area contributed by atoms with E-state index in [2.05, 4.69) is 41.4 Å². The highest BCUT2D eigenvalue weighted by atomic mass is 16.3. The molecule has 0 bridgehead atoms. The average Bonchev–Trinajstić information content (AvgIpc) is 3.06. The fourth-order valence-corrected chi connectivity index (χ4v) is 3.38. The molecule has 1 aliphatic rings. The van der Waals surface area contributed by atoms with Crippen molar-refractivity contribution in [3.63, 3.8) is 0 Å². The van der Waals surface area contributed by atoms with Gasteiger partial charge in [0.25, 0.3) is 0 Å². The van der Waals surface area contributed by atoms with Crippen molar-refractivity contribution in [3.05, 3.63) is 72.6 Å². The lowest BCUT2D eigenvalue weighted by molar-refractivity contribution is 0.191. The van der Waals surface area contributed by atoms with Crippen LogP contribution in [0, 0.1) is 0 Å². The number of aliphatic hydroxyl groups is 1. The highest BCUT2D eigenvalue weighted by Crippen LogP contribution is 2.34. The van der Waals surface area contributed by atoms with Crippen molar-refractivity contribution in [2.75, 3.05) is 11.4 Å². The van der Waals surface area contributed by atoms with Crippen LogP contribution in [-0.2, 0) is 6.42 Å². The SMILES string of the molecule is CC(O)N1CCc2cc(-c3cncc(-c4ccccc4)c3)ccc21. The van der Waals surface area contributed by atoms with E-state index in [4.69, 9.17) is 0 Å². The van der Waals surface area contributed by atoms with Gasteiger partial charge < -0.3 is 10.0 Å². The minimum absolute atomic E-state index is 0.444. The number of hydrogen-bond acceptors (Lipinski definition) is 3. The van der Waals surface area contributed by atoms with Gasteiger partial charge in [-0.25, -0.2) is 0 Å². The molecule has 0 aliphatic carbocycles. The predicted octanol–water partition coefficient (Wildman–Crippen LogP) is 4.12. The number of rotatable bonds is 3. The molecular weight excluding hydrogens is 296 g/mol. The molecule has 1 atom stereocenters. The van der Waals surface area contributed by atoms with Crippen LogP contribution in [0.3, 0.4) is 0 Å². The molecule has 0 fully saturated rings. The standard InChI is InChI=1S/C21H20N2O/c1-15(24)23-10-9-18-11-17(7-8-21(18)23)20-12-19(13-22-14-20)16-5-3-2-4-6-16/h2-8,11-15,24H,9-10H2,1H3. The lowest BCUT2D eigenvalue weighted by atomic mass is 10.00. The molecule has 3 aromatic rings. The number of aliphatic hydroxyl groups excluding tert-OH is 1. The third-order valence-corrected chi connectivity index (χ3v) is 4.64. The summed E-state index contributed by atoms with van der Waals surface area (Å²) < 4.78 is 0. The Morgan fingerprint density at radius 3 is 2.42 bits per heavy atom. The first-order valence-electron chi connectivity index (χ1n) is 8.31. The van der Waals surface area contributed by atoms with E-state index in [1.807, 2.05) is 42.4 Å². The van der Waals surface area contributed by atoms with Gasteiger partial charge in [0.05, 0.1) is 0 Å². The van der Waals surface area contributed by atoms with E-state index in [-0.39, 0.29) is 0 Å². The van der Waals surface area contributed by atoms with Crippen molar-refractivity contribution in [1.82, 2.24) is 4.98 Å². The van der Waals surface area contributed by atoms with Crippen LogP contribution in [0.4, 0.5) is 5.69 Å². The summed E-state index contributed by atoms with van der Waals surface area (Å²) in [7, 11) is 0. The highest BCUT2D eigenvalue weighted by Gasteiger charge is 2.22. The van der Waals surface area contributed by atoms with Gasteiger partial charge in [-0.2, -0.15) is 0 Å². The predicted molar refractivity (Wildman–Crippen MR) is 97.8 cm³/mol. The summed E-state index contributed by atoms with van der Waals surface area (Å²) in [5.41, 5.74) is 7.02. The van der Waals surface area contributed by atoms with Crippen molar-refractivity contribution in [1.29, 1.82) is 0 Å². The van der Waals surface area contributed by atoms with E-state index in [9.17, 15) is 5.11 Å². The first-order valence-corrected chi connectivity index (χ1v) is 8.31. The summed E-state index contributed by atoms with van der Waals surface area (Å²) >= 11 is 0. The Hall–Kier alpha value is -2.65. The largest absolute Gasteiger partial charge is 0.374 e. The number of pyridine rings is 1. The fraction of sp³-hybridized carbons (Fsp3) is 0.190. The van der Waals surface area contributed by atoms with Crippen LogP contribution in [0.5, 0.6) is 0 Å². The Kier molecular flexibility index (Phi) is 3.79. The summed E-state index contributed by atoms with van der Waals surface area (Å²) in [6.45, 7) is 2.69. The van der Waals surface area contributed by atoms with Crippen LogP contribution in [0.2, 0.25) is 0 Å². The van der Waals surface area contributed by atoms with Crippen molar-refractivity contribution < 1.29 is 5.11 Å². The highest BCUT2D eigenvalue weighted by molar-refractivity contribution is 5.74. The maximum atomic E-state index is 9.86. The molecule has 4 rings (SSSR count). The number of nitrogens with zero attached hydrogens (tertiary/aromatic N) is 2. The van der Waals surface area contributed by atoms with Gasteiger partial charge in [-0.05, 0) is 48.2 Å². The Morgan fingerprint density at radius 2 is 1.67 bits per heavy atom. The van der Waals surface area contributed by atoms with E-state index >= 15 is 0 Å². The number of hydrogen-bond donors (Lipinski definition) is 1. The van der Waals surface area contributed by atoms with E-state index in [1.165, 1.54) is 16.7 Å². The topological polar surface area (TPSA) is 36.4 Å². The zero-order valence-electron chi connectivity index (χ0n) is 13.7. The molecule has 0 radical (unpaired) electrons. The van der Waals surface area contributed by atoms with Gasteiger partial charge in [-0.1, -0.05) is 36.4 Å².